The molecule has 0 aromatic rings. The molecule has 1 rings (SSSR count). The lowest BCUT2D eigenvalue weighted by atomic mass is 9.79. The fraction of sp³-hybridized carbons (Fsp3) is 0.750. The summed E-state index contributed by atoms with van der Waals surface area (Å²) in [5.74, 6) is 1.57. The first kappa shape index (κ1) is 10.5. The lowest BCUT2D eigenvalue weighted by molar-refractivity contribution is -0.111. The molecule has 3 unspecified atom stereocenters. The van der Waals surface area contributed by atoms with Gasteiger partial charge in [-0.15, -0.1) is 0 Å². The predicted molar refractivity (Wildman–Crippen MR) is 55.5 cm³/mol. The highest BCUT2D eigenvalue weighted by atomic mass is 16.1. The predicted octanol–water partition coefficient (Wildman–Crippen LogP) is 3.20. The van der Waals surface area contributed by atoms with Crippen LogP contribution in [0.5, 0.6) is 0 Å². The van der Waals surface area contributed by atoms with E-state index in [-0.39, 0.29) is 5.92 Å². The Hall–Kier alpha value is -0.590. The Morgan fingerprint density at radius 2 is 2.38 bits per heavy atom. The van der Waals surface area contributed by atoms with Crippen LogP contribution < -0.4 is 0 Å². The van der Waals surface area contributed by atoms with Gasteiger partial charge in [0.2, 0.25) is 0 Å². The molecule has 3 atom stereocenters. The van der Waals surface area contributed by atoms with Crippen LogP contribution in [0.15, 0.2) is 12.2 Å². The summed E-state index contributed by atoms with van der Waals surface area (Å²) in [5, 5.41) is 0. The van der Waals surface area contributed by atoms with E-state index in [0.29, 0.717) is 5.92 Å². The van der Waals surface area contributed by atoms with Gasteiger partial charge in [0.15, 0.2) is 0 Å². The van der Waals surface area contributed by atoms with Gasteiger partial charge in [0.05, 0.1) is 0 Å². The van der Waals surface area contributed by atoms with E-state index in [4.69, 9.17) is 0 Å². The highest BCUT2D eigenvalue weighted by molar-refractivity contribution is 5.57. The highest BCUT2D eigenvalue weighted by Crippen LogP contribution is 2.29. The van der Waals surface area contributed by atoms with Crippen molar-refractivity contribution in [1.82, 2.24) is 0 Å². The Labute approximate surface area is 81.2 Å². The van der Waals surface area contributed by atoms with E-state index < -0.39 is 0 Å². The largest absolute Gasteiger partial charge is 0.303 e. The quantitative estimate of drug-likeness (QED) is 0.479. The zero-order valence-electron chi connectivity index (χ0n) is 8.70. The average Bonchev–Trinajstić information content (AvgIpc) is 2.18. The van der Waals surface area contributed by atoms with Crippen LogP contribution in [0.3, 0.4) is 0 Å². The van der Waals surface area contributed by atoms with Crippen molar-refractivity contribution < 1.29 is 4.79 Å². The van der Waals surface area contributed by atoms with Crippen LogP contribution in [0.1, 0.15) is 39.5 Å². The van der Waals surface area contributed by atoms with Gasteiger partial charge in [0.25, 0.3) is 0 Å². The molecule has 0 N–H and O–H groups in total. The molecule has 0 aromatic carbocycles. The van der Waals surface area contributed by atoms with Crippen LogP contribution in [0.4, 0.5) is 0 Å². The van der Waals surface area contributed by atoms with E-state index in [0.717, 1.165) is 18.6 Å². The van der Waals surface area contributed by atoms with Gasteiger partial charge >= 0.3 is 0 Å². The number of carbonyl (C=O) groups excluding carboxylic acids is 1. The van der Waals surface area contributed by atoms with Crippen LogP contribution in [0.25, 0.3) is 0 Å². The number of hydrogen-bond acceptors (Lipinski definition) is 1. The minimum Gasteiger partial charge on any atom is -0.303 e. The van der Waals surface area contributed by atoms with Gasteiger partial charge in [-0.3, -0.25) is 0 Å². The second-order valence-electron chi connectivity index (χ2n) is 4.23. The van der Waals surface area contributed by atoms with Crippen molar-refractivity contribution in [1.29, 1.82) is 0 Å². The summed E-state index contributed by atoms with van der Waals surface area (Å²) in [6.45, 7) is 4.50. The zero-order chi connectivity index (χ0) is 9.68. The van der Waals surface area contributed by atoms with Crippen molar-refractivity contribution in [2.24, 2.45) is 17.8 Å². The van der Waals surface area contributed by atoms with Crippen LogP contribution >= 0.6 is 0 Å². The molecule has 0 heterocycles. The molecule has 0 spiro atoms. The van der Waals surface area contributed by atoms with Gasteiger partial charge < -0.3 is 4.79 Å². The standard InChI is InChI=1S/C12H20O/c1-3-10(2)8-11-6-4-5-7-12(11)9-13/h5,7,9-12H,3-4,6,8H2,1-2H3. The minimum absolute atomic E-state index is 0.197. The average molecular weight is 180 g/mol. The molecule has 0 aliphatic heterocycles. The lowest BCUT2D eigenvalue weighted by Crippen LogP contribution is -2.19. The van der Waals surface area contributed by atoms with Crippen LogP contribution in [-0.4, -0.2) is 6.29 Å². The summed E-state index contributed by atoms with van der Waals surface area (Å²) in [6, 6.07) is 0. The third-order valence-corrected chi connectivity index (χ3v) is 3.17. The Morgan fingerprint density at radius 3 is 3.00 bits per heavy atom. The molecule has 1 aliphatic rings. The van der Waals surface area contributed by atoms with E-state index in [2.05, 4.69) is 26.0 Å². The van der Waals surface area contributed by atoms with Gasteiger partial charge in [-0.2, -0.15) is 0 Å². The number of aldehydes is 1. The molecule has 0 amide bonds. The molecule has 1 nitrogen and oxygen atoms in total. The van der Waals surface area contributed by atoms with Gasteiger partial charge in [-0.25, -0.2) is 0 Å². The Morgan fingerprint density at radius 1 is 1.62 bits per heavy atom. The molecule has 0 saturated heterocycles. The Bertz CT molecular complexity index is 184. The Balaban J connectivity index is 2.47. The number of carbonyl (C=O) groups is 1. The molecule has 1 aliphatic carbocycles. The maximum atomic E-state index is 10.8. The number of allylic oxidation sites excluding steroid dienone is 2. The summed E-state index contributed by atoms with van der Waals surface area (Å²) in [7, 11) is 0. The second-order valence-corrected chi connectivity index (χ2v) is 4.23. The monoisotopic (exact) mass is 180 g/mol. The van der Waals surface area contributed by atoms with Crippen molar-refractivity contribution in [3.63, 3.8) is 0 Å². The van der Waals surface area contributed by atoms with Crippen LogP contribution in [0.2, 0.25) is 0 Å². The molecule has 0 bridgehead atoms. The van der Waals surface area contributed by atoms with Crippen molar-refractivity contribution in [3.8, 4) is 0 Å². The molecule has 0 aromatic heterocycles. The van der Waals surface area contributed by atoms with E-state index in [1.165, 1.54) is 19.3 Å². The maximum absolute atomic E-state index is 10.8. The summed E-state index contributed by atoms with van der Waals surface area (Å²) >= 11 is 0. The smallest absolute Gasteiger partial charge is 0.127 e. The van der Waals surface area contributed by atoms with Crippen molar-refractivity contribution in [2.75, 3.05) is 0 Å². The summed E-state index contributed by atoms with van der Waals surface area (Å²) in [6.07, 6.45) is 10.1. The second kappa shape index (κ2) is 5.21. The fourth-order valence-corrected chi connectivity index (χ4v) is 2.03. The van der Waals surface area contributed by atoms with Gasteiger partial charge in [0, 0.05) is 5.92 Å². The Kier molecular flexibility index (Phi) is 4.20. The normalized spacial score (nSPS) is 30.0. The minimum atomic E-state index is 0.197. The zero-order valence-corrected chi connectivity index (χ0v) is 8.70. The molecule has 0 radical (unpaired) electrons. The van der Waals surface area contributed by atoms with Gasteiger partial charge in [-0.05, 0) is 31.1 Å². The molecule has 1 heteroatoms. The summed E-state index contributed by atoms with van der Waals surface area (Å²) in [4.78, 5) is 10.8. The summed E-state index contributed by atoms with van der Waals surface area (Å²) in [5.41, 5.74) is 0. The molecule has 74 valence electrons. The molecule has 0 fully saturated rings. The fourth-order valence-electron chi connectivity index (χ4n) is 2.03. The molecule has 0 saturated carbocycles. The highest BCUT2D eigenvalue weighted by Gasteiger charge is 2.22. The lowest BCUT2D eigenvalue weighted by Gasteiger charge is -2.25. The molecule has 13 heavy (non-hydrogen) atoms. The number of hydrogen-bond donors (Lipinski definition) is 0. The van der Waals surface area contributed by atoms with Crippen molar-refractivity contribution in [2.45, 2.75) is 39.5 Å². The number of rotatable bonds is 4. The van der Waals surface area contributed by atoms with Crippen molar-refractivity contribution >= 4 is 6.29 Å². The SMILES string of the molecule is CCC(C)CC1CCC=CC1C=O. The van der Waals surface area contributed by atoms with Gasteiger partial charge in [0.1, 0.15) is 6.29 Å². The van der Waals surface area contributed by atoms with E-state index in [9.17, 15) is 4.79 Å². The van der Waals surface area contributed by atoms with Crippen LogP contribution in [-0.2, 0) is 4.79 Å². The van der Waals surface area contributed by atoms with Crippen LogP contribution in [0, 0.1) is 17.8 Å². The topological polar surface area (TPSA) is 17.1 Å². The van der Waals surface area contributed by atoms with E-state index in [1.807, 2.05) is 0 Å². The summed E-state index contributed by atoms with van der Waals surface area (Å²) < 4.78 is 0. The third-order valence-electron chi connectivity index (χ3n) is 3.17. The first-order valence-electron chi connectivity index (χ1n) is 5.39. The van der Waals surface area contributed by atoms with E-state index in [1.54, 1.807) is 0 Å². The molecular weight excluding hydrogens is 160 g/mol. The van der Waals surface area contributed by atoms with Gasteiger partial charge in [-0.1, -0.05) is 32.4 Å². The first-order valence-corrected chi connectivity index (χ1v) is 5.39. The maximum Gasteiger partial charge on any atom is 0.127 e. The molecular formula is C12H20O. The van der Waals surface area contributed by atoms with Crippen molar-refractivity contribution in [3.05, 3.63) is 12.2 Å². The van der Waals surface area contributed by atoms with E-state index >= 15 is 0 Å². The first-order chi connectivity index (χ1) is 6.27. The third kappa shape index (κ3) is 2.98.